The summed E-state index contributed by atoms with van der Waals surface area (Å²) in [6.45, 7) is 12.7. The number of hydrogen-bond donors (Lipinski definition) is 0. The molecule has 0 aromatic heterocycles. The predicted molar refractivity (Wildman–Crippen MR) is 63.9 cm³/mol. The minimum atomic E-state index is 0.374. The highest BCUT2D eigenvalue weighted by molar-refractivity contribution is 5.89. The molecule has 0 spiro atoms. The van der Waals surface area contributed by atoms with Gasteiger partial charge in [0.2, 0.25) is 0 Å². The number of hydrogen-bond acceptors (Lipinski definition) is 1. The van der Waals surface area contributed by atoms with E-state index in [1.54, 1.807) is 0 Å². The maximum atomic E-state index is 4.76. The van der Waals surface area contributed by atoms with Crippen molar-refractivity contribution in [2.24, 2.45) is 22.2 Å². The third kappa shape index (κ3) is 2.59. The molecule has 2 atom stereocenters. The fraction of sp³-hybridized carbons (Fsp3) is 0.923. The Morgan fingerprint density at radius 2 is 2.07 bits per heavy atom. The van der Waals surface area contributed by atoms with Gasteiger partial charge in [-0.05, 0) is 30.6 Å². The first-order valence-corrected chi connectivity index (χ1v) is 6.01. The molecule has 1 aliphatic rings. The Labute approximate surface area is 89.0 Å². The van der Waals surface area contributed by atoms with Crippen LogP contribution in [0.2, 0.25) is 0 Å². The molecule has 0 radical (unpaired) electrons. The zero-order valence-corrected chi connectivity index (χ0v) is 10.4. The molecule has 0 saturated carbocycles. The second-order valence-corrected chi connectivity index (χ2v) is 5.68. The van der Waals surface area contributed by atoms with E-state index in [2.05, 4.69) is 34.6 Å². The summed E-state index contributed by atoms with van der Waals surface area (Å²) in [5.74, 6) is 1.39. The minimum absolute atomic E-state index is 0.374. The first kappa shape index (κ1) is 11.7. The Bertz CT molecular complexity index is 210. The van der Waals surface area contributed by atoms with Gasteiger partial charge in [-0.1, -0.05) is 34.6 Å². The fourth-order valence-electron chi connectivity index (χ4n) is 2.63. The quantitative estimate of drug-likeness (QED) is 0.633. The molecule has 1 rings (SSSR count). The van der Waals surface area contributed by atoms with Crippen molar-refractivity contribution in [2.45, 2.75) is 53.9 Å². The molecule has 0 N–H and O–H groups in total. The van der Waals surface area contributed by atoms with Crippen LogP contribution in [0.25, 0.3) is 0 Å². The second-order valence-electron chi connectivity index (χ2n) is 5.68. The van der Waals surface area contributed by atoms with Crippen LogP contribution in [0.5, 0.6) is 0 Å². The van der Waals surface area contributed by atoms with E-state index in [0.717, 1.165) is 6.54 Å². The molecular formula is C13H25N. The lowest BCUT2D eigenvalue weighted by Gasteiger charge is -2.35. The van der Waals surface area contributed by atoms with Crippen molar-refractivity contribution in [2.75, 3.05) is 6.54 Å². The van der Waals surface area contributed by atoms with E-state index >= 15 is 0 Å². The number of rotatable bonds is 2. The van der Waals surface area contributed by atoms with Gasteiger partial charge >= 0.3 is 0 Å². The summed E-state index contributed by atoms with van der Waals surface area (Å²) >= 11 is 0. The fourth-order valence-corrected chi connectivity index (χ4v) is 2.63. The lowest BCUT2D eigenvalue weighted by atomic mass is 9.72. The van der Waals surface area contributed by atoms with Crippen molar-refractivity contribution in [3.63, 3.8) is 0 Å². The van der Waals surface area contributed by atoms with Gasteiger partial charge in [-0.25, -0.2) is 0 Å². The SMILES string of the molecule is CCC(C1=NCCCC1C)C(C)(C)C. The summed E-state index contributed by atoms with van der Waals surface area (Å²) in [5, 5.41) is 0. The zero-order chi connectivity index (χ0) is 10.8. The van der Waals surface area contributed by atoms with Crippen molar-refractivity contribution in [3.8, 4) is 0 Å². The van der Waals surface area contributed by atoms with E-state index in [-0.39, 0.29) is 0 Å². The average molecular weight is 195 g/mol. The Morgan fingerprint density at radius 3 is 2.50 bits per heavy atom. The Hall–Kier alpha value is -0.330. The summed E-state index contributed by atoms with van der Waals surface area (Å²) in [6, 6.07) is 0. The van der Waals surface area contributed by atoms with Crippen molar-refractivity contribution in [1.82, 2.24) is 0 Å². The highest BCUT2D eigenvalue weighted by atomic mass is 14.8. The van der Waals surface area contributed by atoms with Crippen LogP contribution < -0.4 is 0 Å². The van der Waals surface area contributed by atoms with Crippen molar-refractivity contribution < 1.29 is 0 Å². The Morgan fingerprint density at radius 1 is 1.43 bits per heavy atom. The molecule has 0 fully saturated rings. The number of nitrogens with zero attached hydrogens (tertiary/aromatic N) is 1. The van der Waals surface area contributed by atoms with Gasteiger partial charge in [0.05, 0.1) is 0 Å². The third-order valence-corrected chi connectivity index (χ3v) is 3.41. The Balaban J connectivity index is 2.83. The van der Waals surface area contributed by atoms with Crippen molar-refractivity contribution in [1.29, 1.82) is 0 Å². The molecule has 0 bridgehead atoms. The summed E-state index contributed by atoms with van der Waals surface area (Å²) in [4.78, 5) is 4.76. The molecule has 1 heteroatoms. The molecular weight excluding hydrogens is 170 g/mol. The van der Waals surface area contributed by atoms with E-state index in [9.17, 15) is 0 Å². The molecule has 82 valence electrons. The van der Waals surface area contributed by atoms with Gasteiger partial charge < -0.3 is 0 Å². The van der Waals surface area contributed by atoms with Gasteiger partial charge in [0.1, 0.15) is 0 Å². The molecule has 1 heterocycles. The average Bonchev–Trinajstić information content (AvgIpc) is 2.07. The highest BCUT2D eigenvalue weighted by Gasteiger charge is 2.31. The topological polar surface area (TPSA) is 12.4 Å². The molecule has 2 unspecified atom stereocenters. The van der Waals surface area contributed by atoms with Gasteiger partial charge in [0, 0.05) is 18.2 Å². The summed E-state index contributed by atoms with van der Waals surface area (Å²) in [7, 11) is 0. The zero-order valence-electron chi connectivity index (χ0n) is 10.4. The van der Waals surface area contributed by atoms with Crippen LogP contribution in [0.1, 0.15) is 53.9 Å². The van der Waals surface area contributed by atoms with Crippen LogP contribution in [0.15, 0.2) is 4.99 Å². The predicted octanol–water partition coefficient (Wildman–Crippen LogP) is 3.93. The number of aliphatic imine (C=N–C) groups is 1. The molecule has 0 amide bonds. The Kier molecular flexibility index (Phi) is 3.74. The van der Waals surface area contributed by atoms with Gasteiger partial charge in [-0.2, -0.15) is 0 Å². The summed E-state index contributed by atoms with van der Waals surface area (Å²) in [5.41, 5.74) is 1.87. The second kappa shape index (κ2) is 4.46. The summed E-state index contributed by atoms with van der Waals surface area (Å²) in [6.07, 6.45) is 3.85. The lowest BCUT2D eigenvalue weighted by Crippen LogP contribution is -2.34. The van der Waals surface area contributed by atoms with Crippen LogP contribution >= 0.6 is 0 Å². The standard InChI is InChI=1S/C13H25N/c1-6-11(13(3,4)5)12-10(2)8-7-9-14-12/h10-11H,6-9H2,1-5H3. The monoisotopic (exact) mass is 195 g/mol. The third-order valence-electron chi connectivity index (χ3n) is 3.41. The van der Waals surface area contributed by atoms with Crippen LogP contribution in [0.3, 0.4) is 0 Å². The van der Waals surface area contributed by atoms with E-state index < -0.39 is 0 Å². The van der Waals surface area contributed by atoms with Gasteiger partial charge in [0.25, 0.3) is 0 Å². The lowest BCUT2D eigenvalue weighted by molar-refractivity contribution is 0.293. The normalized spacial score (nSPS) is 25.8. The first-order valence-electron chi connectivity index (χ1n) is 6.01. The highest BCUT2D eigenvalue weighted by Crippen LogP contribution is 2.34. The van der Waals surface area contributed by atoms with E-state index in [0.29, 0.717) is 17.3 Å². The van der Waals surface area contributed by atoms with Gasteiger partial charge in [-0.3, -0.25) is 4.99 Å². The van der Waals surface area contributed by atoms with Crippen LogP contribution in [0.4, 0.5) is 0 Å². The van der Waals surface area contributed by atoms with E-state index in [1.807, 2.05) is 0 Å². The minimum Gasteiger partial charge on any atom is -0.294 e. The molecule has 0 aromatic rings. The largest absolute Gasteiger partial charge is 0.294 e. The van der Waals surface area contributed by atoms with Crippen LogP contribution in [-0.4, -0.2) is 12.3 Å². The van der Waals surface area contributed by atoms with Crippen LogP contribution in [-0.2, 0) is 0 Å². The maximum absolute atomic E-state index is 4.76. The molecule has 1 nitrogen and oxygen atoms in total. The van der Waals surface area contributed by atoms with Crippen molar-refractivity contribution in [3.05, 3.63) is 0 Å². The van der Waals surface area contributed by atoms with E-state index in [4.69, 9.17) is 4.99 Å². The molecule has 1 aliphatic heterocycles. The van der Waals surface area contributed by atoms with Crippen molar-refractivity contribution >= 4 is 5.71 Å². The molecule has 0 aromatic carbocycles. The maximum Gasteiger partial charge on any atom is 0.0389 e. The van der Waals surface area contributed by atoms with Crippen LogP contribution in [0, 0.1) is 17.3 Å². The summed E-state index contributed by atoms with van der Waals surface area (Å²) < 4.78 is 0. The first-order chi connectivity index (χ1) is 6.46. The van der Waals surface area contributed by atoms with Gasteiger partial charge in [0.15, 0.2) is 0 Å². The molecule has 0 aliphatic carbocycles. The van der Waals surface area contributed by atoms with E-state index in [1.165, 1.54) is 25.0 Å². The molecule has 14 heavy (non-hydrogen) atoms. The van der Waals surface area contributed by atoms with Gasteiger partial charge in [-0.15, -0.1) is 0 Å². The molecule has 0 saturated heterocycles. The smallest absolute Gasteiger partial charge is 0.0389 e.